The highest BCUT2D eigenvalue weighted by atomic mass is 16.5. The van der Waals surface area contributed by atoms with Crippen LogP contribution in [0.15, 0.2) is 120 Å². The molecular formula is C34H34N2O4. The fourth-order valence-corrected chi connectivity index (χ4v) is 5.14. The van der Waals surface area contributed by atoms with E-state index >= 15 is 0 Å². The Bertz CT molecular complexity index is 1400. The van der Waals surface area contributed by atoms with E-state index in [0.29, 0.717) is 18.9 Å². The van der Waals surface area contributed by atoms with Crippen LogP contribution in [0.2, 0.25) is 0 Å². The van der Waals surface area contributed by atoms with Crippen molar-refractivity contribution in [3.63, 3.8) is 0 Å². The highest BCUT2D eigenvalue weighted by Gasteiger charge is 2.33. The molecule has 0 heterocycles. The van der Waals surface area contributed by atoms with Gasteiger partial charge in [-0.05, 0) is 77.4 Å². The number of ether oxygens (including phenoxy) is 2. The molecule has 2 atom stereocenters. The summed E-state index contributed by atoms with van der Waals surface area (Å²) >= 11 is 0. The molecular weight excluding hydrogens is 500 g/mol. The zero-order valence-electron chi connectivity index (χ0n) is 22.3. The van der Waals surface area contributed by atoms with E-state index in [2.05, 4.69) is 16.7 Å². The predicted molar refractivity (Wildman–Crippen MR) is 157 cm³/mol. The second-order valence-electron chi connectivity index (χ2n) is 9.95. The number of hydrogen-bond donors (Lipinski definition) is 3. The van der Waals surface area contributed by atoms with Gasteiger partial charge in [-0.1, -0.05) is 90.1 Å². The Kier molecular flexibility index (Phi) is 9.25. The highest BCUT2D eigenvalue weighted by Crippen LogP contribution is 2.36. The summed E-state index contributed by atoms with van der Waals surface area (Å²) in [5, 5.41) is 23.9. The number of allylic oxidation sites excluding steroid dienone is 1. The summed E-state index contributed by atoms with van der Waals surface area (Å²) in [7, 11) is 0. The van der Waals surface area contributed by atoms with Crippen LogP contribution in [-0.2, 0) is 13.2 Å². The molecule has 0 unspecified atom stereocenters. The van der Waals surface area contributed by atoms with Crippen molar-refractivity contribution in [3.8, 4) is 11.5 Å². The van der Waals surface area contributed by atoms with Gasteiger partial charge in [0.2, 0.25) is 0 Å². The second kappa shape index (κ2) is 13.6. The normalized spacial score (nSPS) is 18.0. The lowest BCUT2D eigenvalue weighted by molar-refractivity contribution is 0.106. The first-order valence-electron chi connectivity index (χ1n) is 13.6. The number of benzene rings is 4. The number of nitrogens with one attached hydrogen (secondary N) is 1. The average molecular weight is 535 g/mol. The number of nitrogens with zero attached hydrogens (tertiary/aromatic N) is 1. The first-order chi connectivity index (χ1) is 19.7. The maximum absolute atomic E-state index is 10.2. The lowest BCUT2D eigenvalue weighted by atomic mass is 9.77. The van der Waals surface area contributed by atoms with Gasteiger partial charge in [0.05, 0.1) is 11.8 Å². The van der Waals surface area contributed by atoms with Crippen LogP contribution in [0.25, 0.3) is 6.08 Å². The van der Waals surface area contributed by atoms with E-state index < -0.39 is 6.04 Å². The van der Waals surface area contributed by atoms with E-state index in [-0.39, 0.29) is 5.92 Å². The van der Waals surface area contributed by atoms with Gasteiger partial charge in [0.1, 0.15) is 24.7 Å². The predicted octanol–water partition coefficient (Wildman–Crippen LogP) is 7.58. The Morgan fingerprint density at radius 3 is 1.85 bits per heavy atom. The molecule has 40 heavy (non-hydrogen) atoms. The average Bonchev–Trinajstić information content (AvgIpc) is 3.02. The number of rotatable bonds is 10. The van der Waals surface area contributed by atoms with Gasteiger partial charge < -0.3 is 19.9 Å². The molecule has 4 aromatic rings. The van der Waals surface area contributed by atoms with E-state index in [0.717, 1.165) is 58.6 Å². The molecule has 0 aromatic heterocycles. The third-order valence-electron chi connectivity index (χ3n) is 7.25. The second-order valence-corrected chi connectivity index (χ2v) is 9.95. The molecule has 6 nitrogen and oxygen atoms in total. The maximum Gasteiger partial charge on any atom is 0.119 e. The fraction of sp³-hybridized carbons (Fsp3) is 0.206. The first kappa shape index (κ1) is 27.2. The van der Waals surface area contributed by atoms with Gasteiger partial charge in [-0.2, -0.15) is 5.48 Å². The Morgan fingerprint density at radius 2 is 1.32 bits per heavy atom. The number of oxime groups is 1. The van der Waals surface area contributed by atoms with Crippen molar-refractivity contribution in [2.75, 3.05) is 0 Å². The standard InChI is InChI=1S/C34H34N2O4/c37-35-33(28-16-20-31(21-17-28)40-24-27-10-5-2-6-11-27)32-13-7-12-29(34(32)36-38)22-25-14-18-30(19-15-25)39-23-26-8-3-1-4-9-26/h1-6,8-11,14-22,32-33,35,37-38H,7,12-13,23-24H2/b29-22+,36-34?/t32-,33-/m1/s1. The van der Waals surface area contributed by atoms with Crippen LogP contribution >= 0.6 is 0 Å². The summed E-state index contributed by atoms with van der Waals surface area (Å²) in [6, 6.07) is 35.2. The highest BCUT2D eigenvalue weighted by molar-refractivity contribution is 6.06. The molecule has 0 aliphatic heterocycles. The van der Waals surface area contributed by atoms with E-state index in [9.17, 15) is 10.4 Å². The van der Waals surface area contributed by atoms with Crippen LogP contribution in [0.3, 0.4) is 0 Å². The van der Waals surface area contributed by atoms with Crippen molar-refractivity contribution in [1.29, 1.82) is 0 Å². The molecule has 5 rings (SSSR count). The SMILES string of the molecule is ON=C1/C(=C/c2ccc(OCc3ccccc3)cc2)CCC[C@@H]1[C@H](NO)c1ccc(OCc2ccccc2)cc1. The maximum atomic E-state index is 10.2. The van der Waals surface area contributed by atoms with Crippen LogP contribution in [-0.4, -0.2) is 16.1 Å². The summed E-state index contributed by atoms with van der Waals surface area (Å²) in [6.45, 7) is 1.00. The summed E-state index contributed by atoms with van der Waals surface area (Å²) < 4.78 is 11.8. The van der Waals surface area contributed by atoms with Crippen LogP contribution < -0.4 is 15.0 Å². The fourth-order valence-electron chi connectivity index (χ4n) is 5.14. The van der Waals surface area contributed by atoms with E-state index in [1.54, 1.807) is 0 Å². The van der Waals surface area contributed by atoms with Crippen molar-refractivity contribution in [3.05, 3.63) is 137 Å². The summed E-state index contributed by atoms with van der Waals surface area (Å²) in [5.74, 6) is 1.35. The van der Waals surface area contributed by atoms with Crippen molar-refractivity contribution in [2.45, 2.75) is 38.5 Å². The van der Waals surface area contributed by atoms with Gasteiger partial charge in [-0.3, -0.25) is 0 Å². The van der Waals surface area contributed by atoms with Gasteiger partial charge in [0.25, 0.3) is 0 Å². The van der Waals surface area contributed by atoms with Crippen molar-refractivity contribution < 1.29 is 19.9 Å². The quantitative estimate of drug-likeness (QED) is 0.144. The molecule has 0 saturated heterocycles. The minimum atomic E-state index is -0.425. The molecule has 1 aliphatic rings. The van der Waals surface area contributed by atoms with Gasteiger partial charge in [-0.25, -0.2) is 0 Å². The van der Waals surface area contributed by atoms with Crippen LogP contribution in [0.5, 0.6) is 11.5 Å². The molecule has 4 aromatic carbocycles. The van der Waals surface area contributed by atoms with Gasteiger partial charge in [0.15, 0.2) is 0 Å². The lowest BCUT2D eigenvalue weighted by Crippen LogP contribution is -2.34. The topological polar surface area (TPSA) is 83.3 Å². The van der Waals surface area contributed by atoms with Crippen molar-refractivity contribution in [1.82, 2.24) is 5.48 Å². The first-order valence-corrected chi connectivity index (χ1v) is 13.6. The smallest absolute Gasteiger partial charge is 0.119 e. The van der Waals surface area contributed by atoms with Crippen LogP contribution in [0, 0.1) is 5.92 Å². The Hall–Kier alpha value is -4.39. The zero-order chi connectivity index (χ0) is 27.6. The van der Waals surface area contributed by atoms with Gasteiger partial charge in [0, 0.05) is 5.92 Å². The summed E-state index contributed by atoms with van der Waals surface area (Å²) in [4.78, 5) is 0. The van der Waals surface area contributed by atoms with Crippen LogP contribution in [0.1, 0.15) is 47.6 Å². The summed E-state index contributed by atoms with van der Waals surface area (Å²) in [5.41, 5.74) is 8.12. The molecule has 1 aliphatic carbocycles. The molecule has 0 radical (unpaired) electrons. The zero-order valence-corrected chi connectivity index (χ0v) is 22.3. The van der Waals surface area contributed by atoms with E-state index in [4.69, 9.17) is 9.47 Å². The Labute approximate surface area is 235 Å². The monoisotopic (exact) mass is 534 g/mol. The van der Waals surface area contributed by atoms with Crippen LogP contribution in [0.4, 0.5) is 0 Å². The summed E-state index contributed by atoms with van der Waals surface area (Å²) in [6.07, 6.45) is 4.56. The molecule has 6 heteroatoms. The Morgan fingerprint density at radius 1 is 0.775 bits per heavy atom. The lowest BCUT2D eigenvalue weighted by Gasteiger charge is -2.32. The Balaban J connectivity index is 1.25. The molecule has 1 saturated carbocycles. The third kappa shape index (κ3) is 6.97. The van der Waals surface area contributed by atoms with E-state index in [1.807, 2.05) is 109 Å². The van der Waals surface area contributed by atoms with Gasteiger partial charge >= 0.3 is 0 Å². The largest absolute Gasteiger partial charge is 0.489 e. The van der Waals surface area contributed by atoms with Crippen molar-refractivity contribution in [2.24, 2.45) is 11.1 Å². The molecule has 0 spiro atoms. The van der Waals surface area contributed by atoms with E-state index in [1.165, 1.54) is 0 Å². The molecule has 3 N–H and O–H groups in total. The number of hydrogen-bond acceptors (Lipinski definition) is 6. The molecule has 204 valence electrons. The minimum absolute atomic E-state index is 0.195. The van der Waals surface area contributed by atoms with Crippen molar-refractivity contribution >= 4 is 11.8 Å². The number of hydroxylamine groups is 1. The van der Waals surface area contributed by atoms with Gasteiger partial charge in [-0.15, -0.1) is 0 Å². The molecule has 1 fully saturated rings. The third-order valence-corrected chi connectivity index (χ3v) is 7.25. The molecule has 0 bridgehead atoms. The minimum Gasteiger partial charge on any atom is -0.489 e. The molecule has 0 amide bonds.